The molecule has 18 heavy (non-hydrogen) atoms. The van der Waals surface area contributed by atoms with Crippen molar-refractivity contribution in [2.45, 2.75) is 6.92 Å². The molecule has 0 atom stereocenters. The van der Waals surface area contributed by atoms with Crippen molar-refractivity contribution in [3.05, 3.63) is 50.7 Å². The van der Waals surface area contributed by atoms with E-state index in [9.17, 15) is 4.79 Å². The summed E-state index contributed by atoms with van der Waals surface area (Å²) in [6, 6.07) is 8.65. The Balaban J connectivity index is 2.23. The number of thiophene rings is 1. The summed E-state index contributed by atoms with van der Waals surface area (Å²) in [6.45, 7) is 1.88. The van der Waals surface area contributed by atoms with Crippen LogP contribution in [0.25, 0.3) is 0 Å². The van der Waals surface area contributed by atoms with Crippen molar-refractivity contribution in [3.63, 3.8) is 0 Å². The molecule has 2 aromatic rings. The number of carbonyl (C=O) groups excluding carboxylic acids is 1. The van der Waals surface area contributed by atoms with Crippen LogP contribution in [0.5, 0.6) is 0 Å². The van der Waals surface area contributed by atoms with Gasteiger partial charge in [-0.05, 0) is 42.1 Å². The number of benzene rings is 1. The van der Waals surface area contributed by atoms with E-state index in [1.54, 1.807) is 12.1 Å². The molecule has 0 aliphatic heterocycles. The maximum absolute atomic E-state index is 12.0. The van der Waals surface area contributed by atoms with Gasteiger partial charge in [-0.2, -0.15) is 5.26 Å². The Morgan fingerprint density at radius 3 is 2.78 bits per heavy atom. The largest absolute Gasteiger partial charge is 0.320 e. The maximum atomic E-state index is 12.0. The number of rotatable bonds is 2. The third-order valence-corrected chi connectivity index (χ3v) is 3.74. The van der Waals surface area contributed by atoms with Crippen LogP contribution in [0.4, 0.5) is 5.69 Å². The van der Waals surface area contributed by atoms with Crippen molar-refractivity contribution in [1.82, 2.24) is 0 Å². The molecule has 0 aliphatic rings. The van der Waals surface area contributed by atoms with Crippen LogP contribution in [0, 0.1) is 18.3 Å². The summed E-state index contributed by atoms with van der Waals surface area (Å²) >= 11 is 7.37. The van der Waals surface area contributed by atoms with Crippen molar-refractivity contribution in [2.24, 2.45) is 0 Å². The van der Waals surface area contributed by atoms with E-state index in [-0.39, 0.29) is 5.91 Å². The Morgan fingerprint density at radius 2 is 2.22 bits per heavy atom. The van der Waals surface area contributed by atoms with E-state index in [0.29, 0.717) is 21.2 Å². The van der Waals surface area contributed by atoms with Gasteiger partial charge in [0.2, 0.25) is 0 Å². The highest BCUT2D eigenvalue weighted by atomic mass is 35.5. The number of nitrogens with one attached hydrogen (secondary N) is 1. The minimum absolute atomic E-state index is 0.186. The normalized spacial score (nSPS) is 9.83. The molecule has 0 saturated heterocycles. The van der Waals surface area contributed by atoms with Gasteiger partial charge < -0.3 is 5.32 Å². The molecule has 0 radical (unpaired) electrons. The molecular formula is C13H9ClN2OS. The van der Waals surface area contributed by atoms with Gasteiger partial charge >= 0.3 is 0 Å². The second-order valence-corrected chi connectivity index (χ2v) is 5.02. The summed E-state index contributed by atoms with van der Waals surface area (Å²) in [7, 11) is 0. The van der Waals surface area contributed by atoms with Crippen LogP contribution in [0.3, 0.4) is 0 Å². The minimum atomic E-state index is -0.186. The predicted molar refractivity (Wildman–Crippen MR) is 73.2 cm³/mol. The molecule has 0 bridgehead atoms. The average molecular weight is 277 g/mol. The van der Waals surface area contributed by atoms with E-state index in [2.05, 4.69) is 5.32 Å². The summed E-state index contributed by atoms with van der Waals surface area (Å²) in [5.74, 6) is -0.186. The molecule has 1 aromatic heterocycles. The number of halogens is 1. The molecular weight excluding hydrogens is 268 g/mol. The summed E-state index contributed by atoms with van der Waals surface area (Å²) in [5.41, 5.74) is 1.90. The smallest absolute Gasteiger partial charge is 0.266 e. The van der Waals surface area contributed by atoms with Crippen molar-refractivity contribution in [3.8, 4) is 6.07 Å². The molecule has 0 unspecified atom stereocenters. The average Bonchev–Trinajstić information content (AvgIpc) is 2.78. The third-order valence-electron chi connectivity index (χ3n) is 2.41. The summed E-state index contributed by atoms with van der Waals surface area (Å²) in [6.07, 6.45) is 0. The Morgan fingerprint density at radius 1 is 1.44 bits per heavy atom. The van der Waals surface area contributed by atoms with Crippen LogP contribution < -0.4 is 5.32 Å². The molecule has 5 heteroatoms. The molecule has 90 valence electrons. The van der Waals surface area contributed by atoms with Crippen molar-refractivity contribution in [2.75, 3.05) is 5.32 Å². The zero-order valence-electron chi connectivity index (χ0n) is 9.53. The topological polar surface area (TPSA) is 52.9 Å². The number of anilines is 1. The van der Waals surface area contributed by atoms with Gasteiger partial charge in [0.05, 0.1) is 27.2 Å². The Labute approximate surface area is 114 Å². The SMILES string of the molecule is Cc1ccsc1C(=O)Nc1ccc(C#N)cc1Cl. The number of carbonyl (C=O) groups is 1. The maximum Gasteiger partial charge on any atom is 0.266 e. The van der Waals surface area contributed by atoms with Gasteiger partial charge in [-0.1, -0.05) is 11.6 Å². The van der Waals surface area contributed by atoms with Gasteiger partial charge in [-0.25, -0.2) is 0 Å². The Bertz CT molecular complexity index is 643. The van der Waals surface area contributed by atoms with Crippen LogP contribution in [0.2, 0.25) is 5.02 Å². The fourth-order valence-corrected chi connectivity index (χ4v) is 2.52. The summed E-state index contributed by atoms with van der Waals surface area (Å²) in [4.78, 5) is 12.6. The number of hydrogen-bond donors (Lipinski definition) is 1. The highest BCUT2D eigenvalue weighted by Crippen LogP contribution is 2.24. The van der Waals surface area contributed by atoms with Crippen LogP contribution in [-0.2, 0) is 0 Å². The predicted octanol–water partition coefficient (Wildman–Crippen LogP) is 3.83. The van der Waals surface area contributed by atoms with E-state index >= 15 is 0 Å². The lowest BCUT2D eigenvalue weighted by Gasteiger charge is -2.06. The Hall–Kier alpha value is -1.83. The van der Waals surface area contributed by atoms with Crippen LogP contribution in [0.1, 0.15) is 20.8 Å². The molecule has 0 fully saturated rings. The first-order chi connectivity index (χ1) is 8.61. The highest BCUT2D eigenvalue weighted by molar-refractivity contribution is 7.12. The van der Waals surface area contributed by atoms with Crippen LogP contribution in [0.15, 0.2) is 29.6 Å². The Kier molecular flexibility index (Phi) is 3.66. The quantitative estimate of drug-likeness (QED) is 0.906. The van der Waals surface area contributed by atoms with Gasteiger partial charge in [-0.15, -0.1) is 11.3 Å². The fraction of sp³-hybridized carbons (Fsp3) is 0.0769. The molecule has 0 aliphatic carbocycles. The van der Waals surface area contributed by atoms with Gasteiger partial charge in [-0.3, -0.25) is 4.79 Å². The molecule has 2 rings (SSSR count). The minimum Gasteiger partial charge on any atom is -0.320 e. The first-order valence-electron chi connectivity index (χ1n) is 5.17. The van der Waals surface area contributed by atoms with E-state index in [4.69, 9.17) is 16.9 Å². The van der Waals surface area contributed by atoms with E-state index in [1.165, 1.54) is 17.4 Å². The standard InChI is InChI=1S/C13H9ClN2OS/c1-8-4-5-18-12(8)13(17)16-11-3-2-9(7-15)6-10(11)14/h2-6H,1H3,(H,16,17). The third kappa shape index (κ3) is 2.53. The van der Waals surface area contributed by atoms with Gasteiger partial charge in [0.25, 0.3) is 5.91 Å². The first-order valence-corrected chi connectivity index (χ1v) is 6.42. The lowest BCUT2D eigenvalue weighted by Crippen LogP contribution is -2.11. The van der Waals surface area contributed by atoms with Crippen LogP contribution >= 0.6 is 22.9 Å². The summed E-state index contributed by atoms with van der Waals surface area (Å²) in [5, 5.41) is 13.7. The van der Waals surface area contributed by atoms with E-state index < -0.39 is 0 Å². The molecule has 1 heterocycles. The van der Waals surface area contributed by atoms with E-state index in [1.807, 2.05) is 24.4 Å². The van der Waals surface area contributed by atoms with Gasteiger partial charge in [0, 0.05) is 0 Å². The second kappa shape index (κ2) is 5.21. The lowest BCUT2D eigenvalue weighted by atomic mass is 10.2. The van der Waals surface area contributed by atoms with Crippen LogP contribution in [-0.4, -0.2) is 5.91 Å². The van der Waals surface area contributed by atoms with Crippen molar-refractivity contribution >= 4 is 34.5 Å². The molecule has 1 N–H and O–H groups in total. The molecule has 1 aromatic carbocycles. The van der Waals surface area contributed by atoms with Gasteiger partial charge in [0.1, 0.15) is 0 Å². The van der Waals surface area contributed by atoms with Crippen molar-refractivity contribution in [1.29, 1.82) is 5.26 Å². The lowest BCUT2D eigenvalue weighted by molar-refractivity contribution is 0.103. The summed E-state index contributed by atoms with van der Waals surface area (Å²) < 4.78 is 0. The fourth-order valence-electron chi connectivity index (χ4n) is 1.47. The number of nitrogens with zero attached hydrogens (tertiary/aromatic N) is 1. The van der Waals surface area contributed by atoms with E-state index in [0.717, 1.165) is 5.56 Å². The highest BCUT2D eigenvalue weighted by Gasteiger charge is 2.12. The van der Waals surface area contributed by atoms with Crippen molar-refractivity contribution < 1.29 is 4.79 Å². The molecule has 0 spiro atoms. The molecule has 1 amide bonds. The van der Waals surface area contributed by atoms with Gasteiger partial charge in [0.15, 0.2) is 0 Å². The zero-order valence-corrected chi connectivity index (χ0v) is 11.1. The second-order valence-electron chi connectivity index (χ2n) is 3.69. The molecule has 0 saturated carbocycles. The number of nitriles is 1. The first kappa shape index (κ1) is 12.6. The monoisotopic (exact) mass is 276 g/mol. The number of hydrogen-bond acceptors (Lipinski definition) is 3. The molecule has 3 nitrogen and oxygen atoms in total. The number of aryl methyl sites for hydroxylation is 1. The zero-order chi connectivity index (χ0) is 13.1. The number of amides is 1.